The Bertz CT molecular complexity index is 907. The van der Waals surface area contributed by atoms with Crippen LogP contribution in [-0.4, -0.2) is 26.5 Å². The lowest BCUT2D eigenvalue weighted by atomic mass is 9.97. The summed E-state index contributed by atoms with van der Waals surface area (Å²) < 4.78 is 0. The van der Waals surface area contributed by atoms with Gasteiger partial charge in [-0.15, -0.1) is 0 Å². The van der Waals surface area contributed by atoms with Crippen LogP contribution < -0.4 is 10.6 Å². The van der Waals surface area contributed by atoms with Gasteiger partial charge in [0.05, 0.1) is 0 Å². The molecule has 0 amide bonds. The van der Waals surface area contributed by atoms with Crippen LogP contribution in [0.1, 0.15) is 32.1 Å². The van der Waals surface area contributed by atoms with Gasteiger partial charge in [0.2, 0.25) is 5.95 Å². The maximum absolute atomic E-state index is 4.62. The lowest BCUT2D eigenvalue weighted by molar-refractivity contribution is 0.679. The SMILES string of the molecule is C1=C(CCNc2nc(Nc3ccccc3)c3nccnc3n2)CCCC1. The molecule has 0 bridgehead atoms. The van der Waals surface area contributed by atoms with E-state index in [9.17, 15) is 0 Å². The second kappa shape index (κ2) is 7.91. The molecule has 0 atom stereocenters. The van der Waals surface area contributed by atoms with Crippen molar-refractivity contribution in [1.29, 1.82) is 0 Å². The van der Waals surface area contributed by atoms with E-state index in [1.54, 1.807) is 12.4 Å². The number of fused-ring (bicyclic) bond motifs is 1. The Morgan fingerprint density at radius 1 is 0.962 bits per heavy atom. The summed E-state index contributed by atoms with van der Waals surface area (Å²) in [6, 6.07) is 9.93. The fourth-order valence-corrected chi connectivity index (χ4v) is 3.15. The Kier molecular flexibility index (Phi) is 5.00. The molecule has 3 aromatic rings. The molecule has 6 heteroatoms. The number of hydrogen-bond donors (Lipinski definition) is 2. The molecule has 0 spiro atoms. The normalized spacial score (nSPS) is 14.1. The van der Waals surface area contributed by atoms with Gasteiger partial charge in [-0.05, 0) is 44.2 Å². The smallest absolute Gasteiger partial charge is 0.226 e. The van der Waals surface area contributed by atoms with Crippen LogP contribution in [0.4, 0.5) is 17.5 Å². The number of allylic oxidation sites excluding steroid dienone is 1. The van der Waals surface area contributed by atoms with E-state index in [1.807, 2.05) is 30.3 Å². The summed E-state index contributed by atoms with van der Waals surface area (Å²) in [5.74, 6) is 1.24. The van der Waals surface area contributed by atoms with Crippen molar-refractivity contribution in [3.8, 4) is 0 Å². The van der Waals surface area contributed by atoms with E-state index in [1.165, 1.54) is 31.3 Å². The molecule has 1 aliphatic carbocycles. The minimum atomic E-state index is 0.577. The van der Waals surface area contributed by atoms with Crippen LogP contribution >= 0.6 is 0 Å². The standard InChI is InChI=1S/C20H22N6/c1-3-7-15(8-4-1)11-12-23-20-25-18-17(21-13-14-22-18)19(26-20)24-16-9-5-2-6-10-16/h2,5-7,9-10,13-14H,1,3-4,8,11-12H2,(H2,22,23,24,25,26). The molecule has 0 saturated carbocycles. The van der Waals surface area contributed by atoms with E-state index in [0.29, 0.717) is 22.9 Å². The van der Waals surface area contributed by atoms with Gasteiger partial charge in [0.1, 0.15) is 0 Å². The molecule has 6 nitrogen and oxygen atoms in total. The van der Waals surface area contributed by atoms with Crippen molar-refractivity contribution in [3.05, 3.63) is 54.4 Å². The summed E-state index contributed by atoms with van der Waals surface area (Å²) in [5, 5.41) is 6.66. The quantitative estimate of drug-likeness (QED) is 0.642. The van der Waals surface area contributed by atoms with Crippen molar-refractivity contribution in [2.24, 2.45) is 0 Å². The Morgan fingerprint density at radius 2 is 1.85 bits per heavy atom. The van der Waals surface area contributed by atoms with Crippen molar-refractivity contribution in [2.75, 3.05) is 17.2 Å². The first-order chi connectivity index (χ1) is 12.9. The van der Waals surface area contributed by atoms with Gasteiger partial charge in [0, 0.05) is 24.6 Å². The van der Waals surface area contributed by atoms with Crippen molar-refractivity contribution in [1.82, 2.24) is 19.9 Å². The number of nitrogens with zero attached hydrogens (tertiary/aromatic N) is 4. The Balaban J connectivity index is 1.54. The fraction of sp³-hybridized carbons (Fsp3) is 0.300. The van der Waals surface area contributed by atoms with Gasteiger partial charge in [-0.25, -0.2) is 9.97 Å². The third-order valence-electron chi connectivity index (χ3n) is 4.48. The summed E-state index contributed by atoms with van der Waals surface area (Å²) in [7, 11) is 0. The molecule has 26 heavy (non-hydrogen) atoms. The van der Waals surface area contributed by atoms with Gasteiger partial charge < -0.3 is 10.6 Å². The molecule has 132 valence electrons. The topological polar surface area (TPSA) is 75.6 Å². The molecule has 0 radical (unpaired) electrons. The van der Waals surface area contributed by atoms with E-state index >= 15 is 0 Å². The first-order valence-electron chi connectivity index (χ1n) is 9.11. The maximum atomic E-state index is 4.62. The molecule has 2 aromatic heterocycles. The second-order valence-corrected chi connectivity index (χ2v) is 6.40. The van der Waals surface area contributed by atoms with Gasteiger partial charge in [-0.2, -0.15) is 9.97 Å². The number of aromatic nitrogens is 4. The summed E-state index contributed by atoms with van der Waals surface area (Å²) >= 11 is 0. The zero-order valence-corrected chi connectivity index (χ0v) is 14.7. The molecule has 2 heterocycles. The maximum Gasteiger partial charge on any atom is 0.226 e. The van der Waals surface area contributed by atoms with E-state index in [4.69, 9.17) is 0 Å². The van der Waals surface area contributed by atoms with Crippen molar-refractivity contribution >= 4 is 28.6 Å². The second-order valence-electron chi connectivity index (χ2n) is 6.40. The van der Waals surface area contributed by atoms with Crippen LogP contribution in [0.2, 0.25) is 0 Å². The van der Waals surface area contributed by atoms with Gasteiger partial charge in [0.25, 0.3) is 0 Å². The monoisotopic (exact) mass is 346 g/mol. The highest BCUT2D eigenvalue weighted by atomic mass is 15.2. The molecule has 0 unspecified atom stereocenters. The molecule has 2 N–H and O–H groups in total. The van der Waals surface area contributed by atoms with Gasteiger partial charge in [-0.1, -0.05) is 29.8 Å². The predicted octanol–water partition coefficient (Wildman–Crippen LogP) is 4.47. The van der Waals surface area contributed by atoms with Crippen molar-refractivity contribution in [2.45, 2.75) is 32.1 Å². The zero-order chi connectivity index (χ0) is 17.6. The predicted molar refractivity (Wildman–Crippen MR) is 105 cm³/mol. The van der Waals surface area contributed by atoms with Crippen LogP contribution in [-0.2, 0) is 0 Å². The highest BCUT2D eigenvalue weighted by Gasteiger charge is 2.10. The minimum Gasteiger partial charge on any atom is -0.354 e. The summed E-state index contributed by atoms with van der Waals surface area (Å²) in [6.07, 6.45) is 11.8. The number of para-hydroxylation sites is 1. The molecule has 0 aliphatic heterocycles. The third kappa shape index (κ3) is 3.96. The van der Waals surface area contributed by atoms with Crippen LogP contribution in [0.15, 0.2) is 54.4 Å². The molecule has 1 aromatic carbocycles. The van der Waals surface area contributed by atoms with Crippen LogP contribution in [0, 0.1) is 0 Å². The zero-order valence-electron chi connectivity index (χ0n) is 14.7. The third-order valence-corrected chi connectivity index (χ3v) is 4.48. The van der Waals surface area contributed by atoms with E-state index in [2.05, 4.69) is 36.6 Å². The lowest BCUT2D eigenvalue weighted by Crippen LogP contribution is -2.09. The lowest BCUT2D eigenvalue weighted by Gasteiger charge is -2.14. The van der Waals surface area contributed by atoms with Crippen molar-refractivity contribution < 1.29 is 0 Å². The average molecular weight is 346 g/mol. The highest BCUT2D eigenvalue weighted by molar-refractivity contribution is 5.85. The van der Waals surface area contributed by atoms with Crippen LogP contribution in [0.5, 0.6) is 0 Å². The summed E-state index contributed by atoms with van der Waals surface area (Å²) in [5.41, 5.74) is 3.74. The first-order valence-corrected chi connectivity index (χ1v) is 9.11. The van der Waals surface area contributed by atoms with Crippen LogP contribution in [0.25, 0.3) is 11.2 Å². The summed E-state index contributed by atoms with van der Waals surface area (Å²) in [4.78, 5) is 17.9. The summed E-state index contributed by atoms with van der Waals surface area (Å²) in [6.45, 7) is 0.822. The number of rotatable bonds is 6. The van der Waals surface area contributed by atoms with Gasteiger partial charge >= 0.3 is 0 Å². The molecule has 4 rings (SSSR count). The number of anilines is 3. The van der Waals surface area contributed by atoms with Crippen LogP contribution in [0.3, 0.4) is 0 Å². The van der Waals surface area contributed by atoms with Crippen molar-refractivity contribution in [3.63, 3.8) is 0 Å². The molecule has 0 fully saturated rings. The Hall–Kier alpha value is -3.02. The number of nitrogens with one attached hydrogen (secondary N) is 2. The first kappa shape index (κ1) is 16.4. The van der Waals surface area contributed by atoms with Gasteiger partial charge in [0.15, 0.2) is 17.0 Å². The Labute approximate surface area is 152 Å². The van der Waals surface area contributed by atoms with Gasteiger partial charge in [-0.3, -0.25) is 0 Å². The van der Waals surface area contributed by atoms with E-state index in [0.717, 1.165) is 18.7 Å². The molecular weight excluding hydrogens is 324 g/mol. The van der Waals surface area contributed by atoms with E-state index in [-0.39, 0.29) is 0 Å². The number of hydrogen-bond acceptors (Lipinski definition) is 6. The molecule has 0 saturated heterocycles. The van der Waals surface area contributed by atoms with E-state index < -0.39 is 0 Å². The fourth-order valence-electron chi connectivity index (χ4n) is 3.15. The Morgan fingerprint density at radius 3 is 2.69 bits per heavy atom. The molecule has 1 aliphatic rings. The largest absolute Gasteiger partial charge is 0.354 e. The number of benzene rings is 1. The molecular formula is C20H22N6. The average Bonchev–Trinajstić information content (AvgIpc) is 2.70. The minimum absolute atomic E-state index is 0.577. The highest BCUT2D eigenvalue weighted by Crippen LogP contribution is 2.23.